The molecule has 0 saturated carbocycles. The van der Waals surface area contributed by atoms with Crippen molar-refractivity contribution in [3.8, 4) is 11.4 Å². The maximum absolute atomic E-state index is 13.4. The lowest BCUT2D eigenvalue weighted by Gasteiger charge is -2.20. The van der Waals surface area contributed by atoms with Crippen molar-refractivity contribution in [2.75, 3.05) is 6.61 Å². The molecule has 3 aromatic rings. The third kappa shape index (κ3) is 4.30. The number of hydrogen-bond acceptors (Lipinski definition) is 5. The normalized spacial score (nSPS) is 16.5. The van der Waals surface area contributed by atoms with E-state index in [0.29, 0.717) is 10.2 Å². The molecule has 0 spiro atoms. The molecule has 0 radical (unpaired) electrons. The number of hydrazone groups is 1. The first-order chi connectivity index (χ1) is 16.8. The van der Waals surface area contributed by atoms with Gasteiger partial charge < -0.3 is 9.30 Å². The lowest BCUT2D eigenvalue weighted by molar-refractivity contribution is -0.114. The Balaban J connectivity index is 1.40. The van der Waals surface area contributed by atoms with Gasteiger partial charge in [0.2, 0.25) is 5.17 Å². The van der Waals surface area contributed by atoms with Gasteiger partial charge in [-0.3, -0.25) is 10.2 Å². The molecule has 0 unspecified atom stereocenters. The molecule has 0 fully saturated rings. The van der Waals surface area contributed by atoms with Crippen molar-refractivity contribution in [2.45, 2.75) is 20.8 Å². The highest BCUT2D eigenvalue weighted by molar-refractivity contribution is 8.27. The smallest absolute Gasteiger partial charge is 0.283 e. The van der Waals surface area contributed by atoms with E-state index in [1.807, 2.05) is 55.7 Å². The number of amides is 1. The number of thioether (sulfide) groups is 1. The number of carbonyl (C=O) groups is 1. The van der Waals surface area contributed by atoms with Gasteiger partial charge in [0, 0.05) is 17.1 Å². The van der Waals surface area contributed by atoms with Gasteiger partial charge in [0.1, 0.15) is 23.2 Å². The largest absolute Gasteiger partial charge is 0.486 e. The minimum Gasteiger partial charge on any atom is -0.486 e. The van der Waals surface area contributed by atoms with Gasteiger partial charge in [0.25, 0.3) is 5.91 Å². The average Bonchev–Trinajstić information content (AvgIpc) is 3.36. The highest BCUT2D eigenvalue weighted by atomic mass is 32.2. The summed E-state index contributed by atoms with van der Waals surface area (Å²) >= 11 is 1.22. The minimum absolute atomic E-state index is 0.0371. The third-order valence-corrected chi connectivity index (χ3v) is 6.68. The Labute approximate surface area is 206 Å². The number of amidine groups is 2. The summed E-state index contributed by atoms with van der Waals surface area (Å²) in [5.41, 5.74) is 4.54. The van der Waals surface area contributed by atoms with Crippen LogP contribution in [0.15, 0.2) is 70.3 Å². The molecule has 9 heteroatoms. The van der Waals surface area contributed by atoms with E-state index in [2.05, 4.69) is 10.1 Å². The first-order valence-corrected chi connectivity index (χ1v) is 11.8. The Hall–Kier alpha value is -3.98. The van der Waals surface area contributed by atoms with Crippen LogP contribution >= 0.6 is 11.8 Å². The van der Waals surface area contributed by atoms with Crippen molar-refractivity contribution in [1.82, 2.24) is 9.58 Å². The predicted octanol–water partition coefficient (Wildman–Crippen LogP) is 5.24. The van der Waals surface area contributed by atoms with Gasteiger partial charge in [-0.25, -0.2) is 4.39 Å². The molecule has 176 valence electrons. The van der Waals surface area contributed by atoms with Gasteiger partial charge in [-0.2, -0.15) is 15.1 Å². The minimum atomic E-state index is -0.489. The van der Waals surface area contributed by atoms with Crippen molar-refractivity contribution in [2.24, 2.45) is 10.1 Å². The SMILES string of the molecule is Cc1ccccc1OCC1=NN2C(=N)C(=Cc3cc(C)n(-c4ccc(F)cc4)c3C)C(=O)N=C2S1. The molecule has 7 nitrogen and oxygen atoms in total. The van der Waals surface area contributed by atoms with Gasteiger partial charge >= 0.3 is 0 Å². The van der Waals surface area contributed by atoms with Crippen LogP contribution in [-0.2, 0) is 4.79 Å². The zero-order valence-electron chi connectivity index (χ0n) is 19.4. The summed E-state index contributed by atoms with van der Waals surface area (Å²) in [7, 11) is 0. The number of aliphatic imine (C=N–C) groups is 1. The van der Waals surface area contributed by atoms with E-state index < -0.39 is 5.91 Å². The van der Waals surface area contributed by atoms with Crippen molar-refractivity contribution in [3.63, 3.8) is 0 Å². The highest BCUT2D eigenvalue weighted by Gasteiger charge is 2.36. The second-order valence-corrected chi connectivity index (χ2v) is 9.25. The number of ether oxygens (including phenoxy) is 1. The van der Waals surface area contributed by atoms with Crippen LogP contribution in [0.1, 0.15) is 22.5 Å². The van der Waals surface area contributed by atoms with Crippen molar-refractivity contribution in [1.29, 1.82) is 5.41 Å². The van der Waals surface area contributed by atoms with Crippen LogP contribution in [0.4, 0.5) is 4.39 Å². The fraction of sp³-hybridized carbons (Fsp3) is 0.154. The number of hydrogen-bond donors (Lipinski definition) is 1. The predicted molar refractivity (Wildman–Crippen MR) is 137 cm³/mol. The number of aromatic nitrogens is 1. The first-order valence-electron chi connectivity index (χ1n) is 10.9. The molecule has 0 saturated heterocycles. The summed E-state index contributed by atoms with van der Waals surface area (Å²) in [6.07, 6.45) is 1.66. The highest BCUT2D eigenvalue weighted by Crippen LogP contribution is 2.30. The number of carbonyl (C=O) groups excluding carboxylic acids is 1. The quantitative estimate of drug-likeness (QED) is 0.499. The monoisotopic (exact) mass is 487 g/mol. The third-order valence-electron chi connectivity index (χ3n) is 5.80. The number of aryl methyl sites for hydroxylation is 2. The maximum Gasteiger partial charge on any atom is 0.283 e. The van der Waals surface area contributed by atoms with Crippen LogP contribution in [0.3, 0.4) is 0 Å². The summed E-state index contributed by atoms with van der Waals surface area (Å²) in [5.74, 6) is -0.0753. The maximum atomic E-state index is 13.4. The summed E-state index contributed by atoms with van der Waals surface area (Å²) in [6, 6.07) is 15.8. The Morgan fingerprint density at radius 3 is 2.60 bits per heavy atom. The first kappa shape index (κ1) is 22.8. The number of rotatable bonds is 5. The van der Waals surface area contributed by atoms with E-state index in [1.165, 1.54) is 28.9 Å². The van der Waals surface area contributed by atoms with Crippen LogP contribution in [0.2, 0.25) is 0 Å². The lowest BCUT2D eigenvalue weighted by Crippen LogP contribution is -2.35. The number of benzene rings is 2. The van der Waals surface area contributed by atoms with E-state index in [0.717, 1.165) is 34.0 Å². The van der Waals surface area contributed by atoms with E-state index in [-0.39, 0.29) is 23.8 Å². The summed E-state index contributed by atoms with van der Waals surface area (Å²) < 4.78 is 21.2. The molecule has 2 aliphatic rings. The topological polar surface area (TPSA) is 83.0 Å². The number of halogens is 1. The van der Waals surface area contributed by atoms with Gasteiger partial charge in [0.05, 0.1) is 5.57 Å². The molecule has 1 aromatic heterocycles. The Morgan fingerprint density at radius 1 is 1.11 bits per heavy atom. The molecular weight excluding hydrogens is 465 g/mol. The average molecular weight is 488 g/mol. The van der Waals surface area contributed by atoms with Crippen LogP contribution in [0.25, 0.3) is 11.8 Å². The second kappa shape index (κ2) is 8.99. The molecule has 1 amide bonds. The van der Waals surface area contributed by atoms with Crippen LogP contribution in [0, 0.1) is 32.0 Å². The number of nitrogens with one attached hydrogen (secondary N) is 1. The van der Waals surface area contributed by atoms with Gasteiger partial charge in [0.15, 0.2) is 5.84 Å². The molecule has 2 aliphatic heterocycles. The van der Waals surface area contributed by atoms with Crippen LogP contribution in [-0.4, -0.2) is 38.1 Å². The summed E-state index contributed by atoms with van der Waals surface area (Å²) in [4.78, 5) is 17.0. The molecule has 0 atom stereocenters. The van der Waals surface area contributed by atoms with Crippen LogP contribution in [0.5, 0.6) is 5.75 Å². The Kier molecular flexibility index (Phi) is 5.86. The fourth-order valence-electron chi connectivity index (χ4n) is 4.02. The van der Waals surface area contributed by atoms with E-state index in [4.69, 9.17) is 10.1 Å². The molecule has 0 aliphatic carbocycles. The van der Waals surface area contributed by atoms with E-state index >= 15 is 0 Å². The molecule has 2 aromatic carbocycles. The standard InChI is InChI=1S/C26H22FN5O2S/c1-15-6-4-5-7-22(15)34-14-23-30-32-24(28)21(25(33)29-26(32)35-23)13-18-12-16(2)31(17(18)3)20-10-8-19(27)9-11-20/h4-13,28H,14H2,1-3H3. The molecular formula is C26H22FN5O2S. The Bertz CT molecular complexity index is 1450. The number of para-hydroxylation sites is 1. The van der Waals surface area contributed by atoms with Crippen molar-refractivity contribution >= 4 is 39.8 Å². The molecule has 5 rings (SSSR count). The van der Waals surface area contributed by atoms with Gasteiger partial charge in [-0.05, 0) is 86.1 Å². The van der Waals surface area contributed by atoms with Crippen molar-refractivity contribution < 1.29 is 13.9 Å². The number of fused-ring (bicyclic) bond motifs is 1. The zero-order chi connectivity index (χ0) is 24.7. The molecule has 1 N–H and O–H groups in total. The molecule has 3 heterocycles. The van der Waals surface area contributed by atoms with E-state index in [9.17, 15) is 9.18 Å². The summed E-state index contributed by atoms with van der Waals surface area (Å²) in [6.45, 7) is 6.03. The number of nitrogens with zero attached hydrogens (tertiary/aromatic N) is 4. The summed E-state index contributed by atoms with van der Waals surface area (Å²) in [5, 5.41) is 15.4. The molecule has 35 heavy (non-hydrogen) atoms. The van der Waals surface area contributed by atoms with Gasteiger partial charge in [-0.1, -0.05) is 18.2 Å². The molecule has 0 bridgehead atoms. The lowest BCUT2D eigenvalue weighted by atomic mass is 10.1. The fourth-order valence-corrected chi connectivity index (χ4v) is 4.82. The zero-order valence-corrected chi connectivity index (χ0v) is 20.2. The van der Waals surface area contributed by atoms with Gasteiger partial charge in [-0.15, -0.1) is 0 Å². The second-order valence-electron chi connectivity index (χ2n) is 8.21. The van der Waals surface area contributed by atoms with Crippen LogP contribution < -0.4 is 4.74 Å². The van der Waals surface area contributed by atoms with E-state index in [1.54, 1.807) is 18.2 Å². The Morgan fingerprint density at radius 2 is 1.86 bits per heavy atom. The van der Waals surface area contributed by atoms with Crippen molar-refractivity contribution in [3.05, 3.63) is 88.5 Å².